The largest absolute Gasteiger partial charge is 0.486 e. The number of nitrogens with zero attached hydrogens (tertiary/aromatic N) is 1. The number of carbonyl (C=O) groups excluding carboxylic acids is 1. The Morgan fingerprint density at radius 3 is 2.34 bits per heavy atom. The van der Waals surface area contributed by atoms with Crippen LogP contribution in [0.15, 0.2) is 60.7 Å². The second kappa shape index (κ2) is 10.3. The molecule has 0 spiro atoms. The number of amides is 1. The topological polar surface area (TPSA) is 60.5 Å². The number of hydrogen-bond acceptors (Lipinski definition) is 4. The molecule has 1 amide bonds. The molecule has 166 valence electrons. The number of hydrogen-bond donors (Lipinski definition) is 1. The third-order valence-electron chi connectivity index (χ3n) is 5.80. The number of ether oxygens (including phenoxy) is 2. The second-order valence-electron chi connectivity index (χ2n) is 8.08. The van der Waals surface area contributed by atoms with Crippen LogP contribution in [0.25, 0.3) is 22.5 Å². The molecule has 3 aromatic rings. The van der Waals surface area contributed by atoms with Crippen LogP contribution in [0.3, 0.4) is 0 Å². The molecule has 5 nitrogen and oxygen atoms in total. The van der Waals surface area contributed by atoms with Crippen LogP contribution in [0.4, 0.5) is 5.69 Å². The minimum Gasteiger partial charge on any atom is -0.486 e. The Balaban J connectivity index is 1.48. The van der Waals surface area contributed by atoms with Crippen LogP contribution in [0, 0.1) is 5.92 Å². The van der Waals surface area contributed by atoms with Crippen molar-refractivity contribution >= 4 is 11.6 Å². The second-order valence-corrected chi connectivity index (χ2v) is 8.08. The fourth-order valence-corrected chi connectivity index (χ4v) is 3.90. The molecule has 2 aromatic carbocycles. The van der Waals surface area contributed by atoms with Crippen molar-refractivity contribution in [2.24, 2.45) is 5.92 Å². The van der Waals surface area contributed by atoms with Crippen molar-refractivity contribution < 1.29 is 14.3 Å². The summed E-state index contributed by atoms with van der Waals surface area (Å²) in [5.41, 5.74) is 4.55. The zero-order valence-corrected chi connectivity index (χ0v) is 18.8. The smallest absolute Gasteiger partial charge is 0.227 e. The number of anilines is 1. The van der Waals surface area contributed by atoms with E-state index in [0.29, 0.717) is 13.2 Å². The van der Waals surface area contributed by atoms with E-state index >= 15 is 0 Å². The third kappa shape index (κ3) is 5.10. The fraction of sp³-hybridized carbons (Fsp3) is 0.333. The first-order valence-corrected chi connectivity index (χ1v) is 11.5. The van der Waals surface area contributed by atoms with Gasteiger partial charge in [0.05, 0.1) is 11.4 Å². The zero-order valence-electron chi connectivity index (χ0n) is 18.8. The summed E-state index contributed by atoms with van der Waals surface area (Å²) in [5, 5.41) is 3.06. The summed E-state index contributed by atoms with van der Waals surface area (Å²) in [6.07, 6.45) is 3.99. The van der Waals surface area contributed by atoms with Crippen LogP contribution >= 0.6 is 0 Å². The summed E-state index contributed by atoms with van der Waals surface area (Å²) < 4.78 is 11.3. The number of nitrogens with one attached hydrogen (secondary N) is 1. The van der Waals surface area contributed by atoms with Gasteiger partial charge in [0.25, 0.3) is 0 Å². The molecule has 4 rings (SSSR count). The van der Waals surface area contributed by atoms with E-state index in [0.717, 1.165) is 65.4 Å². The van der Waals surface area contributed by atoms with Crippen molar-refractivity contribution in [3.8, 4) is 34.0 Å². The molecular formula is C27H30N2O3. The standard InChI is InChI=1S/C27H30N2O3/c1-3-5-7-19(4-2)27(30)28-22-13-10-20(11-14-22)23-8-6-9-24(29-23)21-12-15-25-26(18-21)32-17-16-31-25/h6,8-15,18-19H,3-5,7,16-17H2,1-2H3,(H,28,30). The molecule has 0 aliphatic carbocycles. The van der Waals surface area contributed by atoms with Crippen LogP contribution in [-0.4, -0.2) is 24.1 Å². The first-order chi connectivity index (χ1) is 15.7. The summed E-state index contributed by atoms with van der Waals surface area (Å²) >= 11 is 0. The van der Waals surface area contributed by atoms with Crippen LogP contribution < -0.4 is 14.8 Å². The lowest BCUT2D eigenvalue weighted by Crippen LogP contribution is -2.22. The van der Waals surface area contributed by atoms with Crippen LogP contribution in [0.5, 0.6) is 11.5 Å². The van der Waals surface area contributed by atoms with Gasteiger partial charge in [-0.1, -0.05) is 44.9 Å². The molecule has 5 heteroatoms. The average molecular weight is 431 g/mol. The quantitative estimate of drug-likeness (QED) is 0.453. The Bertz CT molecular complexity index is 1060. The van der Waals surface area contributed by atoms with E-state index in [2.05, 4.69) is 19.2 Å². The molecule has 1 N–H and O–H groups in total. The lowest BCUT2D eigenvalue weighted by atomic mass is 9.98. The van der Waals surface area contributed by atoms with E-state index in [9.17, 15) is 4.79 Å². The first-order valence-electron chi connectivity index (χ1n) is 11.5. The highest BCUT2D eigenvalue weighted by Gasteiger charge is 2.16. The molecular weight excluding hydrogens is 400 g/mol. The number of pyridine rings is 1. The Hall–Kier alpha value is -3.34. The highest BCUT2D eigenvalue weighted by molar-refractivity contribution is 5.92. The van der Waals surface area contributed by atoms with Gasteiger partial charge >= 0.3 is 0 Å². The molecule has 1 aromatic heterocycles. The van der Waals surface area contributed by atoms with Gasteiger partial charge in [-0.05, 0) is 55.3 Å². The lowest BCUT2D eigenvalue weighted by Gasteiger charge is -2.18. The first kappa shape index (κ1) is 21.9. The normalized spacial score (nSPS) is 13.4. The maximum Gasteiger partial charge on any atom is 0.227 e. The van der Waals surface area contributed by atoms with Crippen molar-refractivity contribution in [3.63, 3.8) is 0 Å². The number of fused-ring (bicyclic) bond motifs is 1. The van der Waals surface area contributed by atoms with E-state index in [-0.39, 0.29) is 11.8 Å². The summed E-state index contributed by atoms with van der Waals surface area (Å²) in [6.45, 7) is 5.36. The molecule has 0 fully saturated rings. The Morgan fingerprint density at radius 1 is 0.938 bits per heavy atom. The van der Waals surface area contributed by atoms with Gasteiger partial charge in [0.2, 0.25) is 5.91 Å². The Labute approximate surface area is 189 Å². The third-order valence-corrected chi connectivity index (χ3v) is 5.80. The van der Waals surface area contributed by atoms with Crippen molar-refractivity contribution in [1.29, 1.82) is 0 Å². The predicted molar refractivity (Wildman–Crippen MR) is 128 cm³/mol. The molecule has 1 atom stereocenters. The number of carbonyl (C=O) groups is 1. The van der Waals surface area contributed by atoms with Gasteiger partial charge in [-0.3, -0.25) is 4.79 Å². The van der Waals surface area contributed by atoms with Gasteiger partial charge in [0, 0.05) is 22.7 Å². The Kier molecular flexibility index (Phi) is 7.05. The zero-order chi connectivity index (χ0) is 22.3. The van der Waals surface area contributed by atoms with E-state index in [1.807, 2.05) is 60.7 Å². The molecule has 0 saturated heterocycles. The molecule has 1 unspecified atom stereocenters. The summed E-state index contributed by atoms with van der Waals surface area (Å²) in [7, 11) is 0. The number of rotatable bonds is 8. The summed E-state index contributed by atoms with van der Waals surface area (Å²) in [5.74, 6) is 1.70. The van der Waals surface area contributed by atoms with Gasteiger partial charge in [0.1, 0.15) is 13.2 Å². The molecule has 0 saturated carbocycles. The highest BCUT2D eigenvalue weighted by atomic mass is 16.6. The minimum absolute atomic E-state index is 0.0685. The monoisotopic (exact) mass is 430 g/mol. The van der Waals surface area contributed by atoms with E-state index in [1.165, 1.54) is 0 Å². The molecule has 32 heavy (non-hydrogen) atoms. The van der Waals surface area contributed by atoms with Gasteiger partial charge in [-0.25, -0.2) is 4.98 Å². The van der Waals surface area contributed by atoms with Gasteiger partial charge < -0.3 is 14.8 Å². The van der Waals surface area contributed by atoms with Gasteiger partial charge in [-0.15, -0.1) is 0 Å². The summed E-state index contributed by atoms with van der Waals surface area (Å²) in [4.78, 5) is 17.4. The fourth-order valence-electron chi connectivity index (χ4n) is 3.90. The lowest BCUT2D eigenvalue weighted by molar-refractivity contribution is -0.120. The molecule has 2 heterocycles. The van der Waals surface area contributed by atoms with E-state index in [4.69, 9.17) is 14.5 Å². The van der Waals surface area contributed by atoms with E-state index in [1.54, 1.807) is 0 Å². The maximum atomic E-state index is 12.6. The Morgan fingerprint density at radius 2 is 1.62 bits per heavy atom. The molecule has 0 bridgehead atoms. The van der Waals surface area contributed by atoms with Crippen molar-refractivity contribution in [2.75, 3.05) is 18.5 Å². The molecule has 1 aliphatic heterocycles. The maximum absolute atomic E-state index is 12.6. The van der Waals surface area contributed by atoms with Crippen LogP contribution in [0.2, 0.25) is 0 Å². The van der Waals surface area contributed by atoms with Crippen molar-refractivity contribution in [1.82, 2.24) is 4.98 Å². The van der Waals surface area contributed by atoms with Gasteiger partial charge in [0.15, 0.2) is 11.5 Å². The number of benzene rings is 2. The van der Waals surface area contributed by atoms with Crippen molar-refractivity contribution in [2.45, 2.75) is 39.5 Å². The van der Waals surface area contributed by atoms with Gasteiger partial charge in [-0.2, -0.15) is 0 Å². The predicted octanol–water partition coefficient (Wildman–Crippen LogP) is 6.34. The number of aromatic nitrogens is 1. The molecule has 1 aliphatic rings. The number of unbranched alkanes of at least 4 members (excludes halogenated alkanes) is 1. The van der Waals surface area contributed by atoms with Crippen molar-refractivity contribution in [3.05, 3.63) is 60.7 Å². The SMILES string of the molecule is CCCCC(CC)C(=O)Nc1ccc(-c2cccc(-c3ccc4c(c3)OCCO4)n2)cc1. The highest BCUT2D eigenvalue weighted by Crippen LogP contribution is 2.34. The average Bonchev–Trinajstić information content (AvgIpc) is 2.85. The van der Waals surface area contributed by atoms with E-state index < -0.39 is 0 Å². The van der Waals surface area contributed by atoms with Crippen LogP contribution in [0.1, 0.15) is 39.5 Å². The minimum atomic E-state index is 0.0685. The molecule has 0 radical (unpaired) electrons. The van der Waals surface area contributed by atoms with Crippen LogP contribution in [-0.2, 0) is 4.79 Å². The summed E-state index contributed by atoms with van der Waals surface area (Å²) in [6, 6.07) is 19.8.